The van der Waals surface area contributed by atoms with Gasteiger partial charge in [-0.15, -0.1) is 0 Å². The van der Waals surface area contributed by atoms with Gasteiger partial charge in [0.1, 0.15) is 0 Å². The molecule has 2 saturated heterocycles. The predicted molar refractivity (Wildman–Crippen MR) is 106 cm³/mol. The molecule has 2 bridgehead atoms. The Labute approximate surface area is 165 Å². The molecular weight excluding hydrogens is 374 g/mol. The molecule has 2 aromatic carbocycles. The molecule has 2 atom stereocenters. The maximum atomic E-state index is 13.3. The zero-order chi connectivity index (χ0) is 19.5. The molecule has 146 valence electrons. The van der Waals surface area contributed by atoms with Crippen molar-refractivity contribution in [1.82, 2.24) is 14.1 Å². The summed E-state index contributed by atoms with van der Waals surface area (Å²) in [5, 5.41) is 0. The van der Waals surface area contributed by atoms with Crippen LogP contribution in [0.2, 0.25) is 0 Å². The van der Waals surface area contributed by atoms with Crippen LogP contribution in [0, 0.1) is 0 Å². The molecule has 3 aliphatic rings. The number of hydrogen-bond donors (Lipinski definition) is 0. The summed E-state index contributed by atoms with van der Waals surface area (Å²) in [6.07, 6.45) is 0.908. The number of amides is 1. The summed E-state index contributed by atoms with van der Waals surface area (Å²) < 4.78 is 28.3. The number of rotatable bonds is 3. The fraction of sp³-hybridized carbons (Fsp3) is 0.381. The summed E-state index contributed by atoms with van der Waals surface area (Å²) in [6.45, 7) is 3.78. The molecule has 7 heteroatoms. The van der Waals surface area contributed by atoms with Crippen molar-refractivity contribution < 1.29 is 13.2 Å². The third-order valence-corrected chi connectivity index (χ3v) is 8.10. The molecule has 0 radical (unpaired) electrons. The molecule has 3 heterocycles. The topological polar surface area (TPSA) is 60.9 Å². The van der Waals surface area contributed by atoms with Crippen LogP contribution in [0.3, 0.4) is 0 Å². The maximum Gasteiger partial charge on any atom is 0.254 e. The molecule has 0 N–H and O–H groups in total. The molecule has 5 rings (SSSR count). The third kappa shape index (κ3) is 2.77. The highest BCUT2D eigenvalue weighted by atomic mass is 32.2. The molecule has 1 amide bonds. The zero-order valence-corrected chi connectivity index (χ0v) is 16.7. The largest absolute Gasteiger partial charge is 0.337 e. The van der Waals surface area contributed by atoms with E-state index in [1.54, 1.807) is 34.5 Å². The highest BCUT2D eigenvalue weighted by molar-refractivity contribution is 7.89. The minimum atomic E-state index is -3.51. The third-order valence-electron chi connectivity index (χ3n) is 6.16. The standard InChI is InChI=1S/C21H23N3O3S/c1-22-13-17-11-16(5-6-20(17)21(22)25)15-3-2-4-19(12-15)28(26,27)24-10-9-23-8-7-18(24)14-23/h2-6,11-12,18H,7-10,13-14H2,1H3. The number of piperazine rings is 1. The number of fused-ring (bicyclic) bond motifs is 3. The molecule has 0 spiro atoms. The first kappa shape index (κ1) is 17.8. The SMILES string of the molecule is CN1Cc2cc(-c3cccc(S(=O)(=O)N4CCN5CCC4C5)c3)ccc2C1=O. The van der Waals surface area contributed by atoms with E-state index in [1.165, 1.54) is 0 Å². The number of sulfonamides is 1. The van der Waals surface area contributed by atoms with Crippen molar-refractivity contribution in [3.05, 3.63) is 53.6 Å². The lowest BCUT2D eigenvalue weighted by atomic mass is 10.0. The average molecular weight is 398 g/mol. The van der Waals surface area contributed by atoms with Crippen LogP contribution in [0.25, 0.3) is 11.1 Å². The van der Waals surface area contributed by atoms with Gasteiger partial charge in [-0.05, 0) is 53.9 Å². The first-order chi connectivity index (χ1) is 13.4. The maximum absolute atomic E-state index is 13.3. The fourth-order valence-corrected chi connectivity index (χ4v) is 6.29. The lowest BCUT2D eigenvalue weighted by Gasteiger charge is -2.33. The van der Waals surface area contributed by atoms with E-state index in [-0.39, 0.29) is 11.9 Å². The molecule has 0 saturated carbocycles. The van der Waals surface area contributed by atoms with Crippen molar-refractivity contribution in [3.8, 4) is 11.1 Å². The van der Waals surface area contributed by atoms with Crippen LogP contribution in [0.1, 0.15) is 22.3 Å². The second kappa shape index (κ2) is 6.40. The van der Waals surface area contributed by atoms with E-state index >= 15 is 0 Å². The van der Waals surface area contributed by atoms with E-state index in [4.69, 9.17) is 0 Å². The van der Waals surface area contributed by atoms with Gasteiger partial charge in [0.25, 0.3) is 5.91 Å². The van der Waals surface area contributed by atoms with Crippen molar-refractivity contribution in [2.75, 3.05) is 33.2 Å². The highest BCUT2D eigenvalue weighted by Crippen LogP contribution is 2.31. The summed E-state index contributed by atoms with van der Waals surface area (Å²) in [5.41, 5.74) is 3.51. The van der Waals surface area contributed by atoms with Gasteiger partial charge in [-0.2, -0.15) is 4.31 Å². The molecule has 6 nitrogen and oxygen atoms in total. The van der Waals surface area contributed by atoms with Gasteiger partial charge in [-0.25, -0.2) is 8.42 Å². The second-order valence-electron chi connectivity index (χ2n) is 7.92. The minimum Gasteiger partial charge on any atom is -0.337 e. The Hall–Kier alpha value is -2.22. The summed E-state index contributed by atoms with van der Waals surface area (Å²) >= 11 is 0. The van der Waals surface area contributed by atoms with Crippen LogP contribution in [0.4, 0.5) is 0 Å². The van der Waals surface area contributed by atoms with Gasteiger partial charge in [0, 0.05) is 44.8 Å². The Morgan fingerprint density at radius 2 is 1.82 bits per heavy atom. The second-order valence-corrected chi connectivity index (χ2v) is 9.81. The minimum absolute atomic E-state index is 0.0357. The molecule has 28 heavy (non-hydrogen) atoms. The van der Waals surface area contributed by atoms with Gasteiger partial charge in [0.2, 0.25) is 10.0 Å². The van der Waals surface area contributed by atoms with Crippen molar-refractivity contribution in [3.63, 3.8) is 0 Å². The molecule has 2 fully saturated rings. The van der Waals surface area contributed by atoms with Gasteiger partial charge in [0.05, 0.1) is 4.90 Å². The van der Waals surface area contributed by atoms with Crippen LogP contribution in [-0.2, 0) is 16.6 Å². The monoisotopic (exact) mass is 397 g/mol. The Kier molecular flexibility index (Phi) is 4.08. The number of carbonyl (C=O) groups excluding carboxylic acids is 1. The first-order valence-electron chi connectivity index (χ1n) is 9.66. The van der Waals surface area contributed by atoms with Crippen molar-refractivity contribution >= 4 is 15.9 Å². The molecule has 2 aromatic rings. The number of benzene rings is 2. The Balaban J connectivity index is 1.49. The number of carbonyl (C=O) groups is 1. The van der Waals surface area contributed by atoms with E-state index < -0.39 is 10.0 Å². The zero-order valence-electron chi connectivity index (χ0n) is 15.8. The van der Waals surface area contributed by atoms with Crippen LogP contribution < -0.4 is 0 Å². The van der Waals surface area contributed by atoms with E-state index in [0.29, 0.717) is 18.0 Å². The van der Waals surface area contributed by atoms with E-state index in [9.17, 15) is 13.2 Å². The highest BCUT2D eigenvalue weighted by Gasteiger charge is 2.39. The summed E-state index contributed by atoms with van der Waals surface area (Å²) in [4.78, 5) is 16.5. The lowest BCUT2D eigenvalue weighted by Crippen LogP contribution is -2.49. The van der Waals surface area contributed by atoms with Gasteiger partial charge in [-0.3, -0.25) is 4.79 Å². The van der Waals surface area contributed by atoms with Crippen LogP contribution in [0.15, 0.2) is 47.4 Å². The Bertz CT molecular complexity index is 1070. The predicted octanol–water partition coefficient (Wildman–Crippen LogP) is 2.02. The first-order valence-corrected chi connectivity index (χ1v) is 11.1. The van der Waals surface area contributed by atoms with Crippen LogP contribution >= 0.6 is 0 Å². The molecule has 2 unspecified atom stereocenters. The summed E-state index contributed by atoms with van der Waals surface area (Å²) in [6, 6.07) is 13.0. The van der Waals surface area contributed by atoms with Gasteiger partial charge in [-0.1, -0.05) is 18.2 Å². The van der Waals surface area contributed by atoms with Crippen molar-refractivity contribution in [2.45, 2.75) is 23.9 Å². The quantitative estimate of drug-likeness (QED) is 0.795. The van der Waals surface area contributed by atoms with Crippen molar-refractivity contribution in [1.29, 1.82) is 0 Å². The molecule has 0 aliphatic carbocycles. The Morgan fingerprint density at radius 3 is 2.68 bits per heavy atom. The number of hydrogen-bond acceptors (Lipinski definition) is 4. The van der Waals surface area contributed by atoms with Crippen molar-refractivity contribution in [2.24, 2.45) is 0 Å². The summed E-state index contributed by atoms with van der Waals surface area (Å²) in [5.74, 6) is 0.0357. The van der Waals surface area contributed by atoms with Gasteiger partial charge < -0.3 is 9.80 Å². The smallest absolute Gasteiger partial charge is 0.254 e. The number of nitrogens with zero attached hydrogens (tertiary/aromatic N) is 3. The Morgan fingerprint density at radius 1 is 1.00 bits per heavy atom. The lowest BCUT2D eigenvalue weighted by molar-refractivity contribution is 0.0816. The van der Waals surface area contributed by atoms with E-state index in [0.717, 1.165) is 48.3 Å². The van der Waals surface area contributed by atoms with Crippen LogP contribution in [0.5, 0.6) is 0 Å². The normalized spacial score (nSPS) is 24.6. The van der Waals surface area contributed by atoms with Crippen LogP contribution in [-0.4, -0.2) is 67.7 Å². The van der Waals surface area contributed by atoms with E-state index in [2.05, 4.69) is 4.90 Å². The van der Waals surface area contributed by atoms with Gasteiger partial charge >= 0.3 is 0 Å². The molecule has 0 aromatic heterocycles. The molecular formula is C21H23N3O3S. The summed E-state index contributed by atoms with van der Waals surface area (Å²) in [7, 11) is -1.72. The molecule has 3 aliphatic heterocycles. The van der Waals surface area contributed by atoms with Gasteiger partial charge in [0.15, 0.2) is 0 Å². The average Bonchev–Trinajstić information content (AvgIpc) is 3.20. The fourth-order valence-electron chi connectivity index (χ4n) is 4.61. The van der Waals surface area contributed by atoms with E-state index in [1.807, 2.05) is 24.3 Å².